The fourth-order valence-corrected chi connectivity index (χ4v) is 2.35. The second-order valence-electron chi connectivity index (χ2n) is 5.73. The first-order chi connectivity index (χ1) is 11.6. The molecule has 1 amide bonds. The number of Topliss-reactive ketones (excluding diaryl/α,β-unsaturated/α-hetero) is 1. The van der Waals surface area contributed by atoms with Gasteiger partial charge in [0.2, 0.25) is 5.91 Å². The van der Waals surface area contributed by atoms with Gasteiger partial charge in [0.25, 0.3) is 0 Å². The fraction of sp³-hybridized carbons (Fsp3) is 0.300. The zero-order chi connectivity index (χ0) is 17.4. The van der Waals surface area contributed by atoms with Crippen LogP contribution in [0.1, 0.15) is 48.7 Å². The maximum absolute atomic E-state index is 12.0. The van der Waals surface area contributed by atoms with Gasteiger partial charge in [-0.05, 0) is 50.1 Å². The van der Waals surface area contributed by atoms with E-state index in [2.05, 4.69) is 5.32 Å². The predicted molar refractivity (Wildman–Crippen MR) is 94.2 cm³/mol. The van der Waals surface area contributed by atoms with Crippen molar-refractivity contribution in [2.45, 2.75) is 32.7 Å². The third-order valence-corrected chi connectivity index (χ3v) is 3.75. The van der Waals surface area contributed by atoms with Gasteiger partial charge in [0.1, 0.15) is 5.75 Å². The van der Waals surface area contributed by atoms with E-state index in [4.69, 9.17) is 4.74 Å². The standard InChI is InChI=1S/C20H23NO3/c1-15(17-7-4-3-5-8-17)21-20(23)9-6-14-24-19-12-10-18(11-13-19)16(2)22/h3-5,7-8,10-13,15H,6,9,14H2,1-2H3,(H,21,23)/t15-/m0/s1. The van der Waals surface area contributed by atoms with Crippen LogP contribution in [0.2, 0.25) is 0 Å². The summed E-state index contributed by atoms with van der Waals surface area (Å²) in [5.41, 5.74) is 1.75. The maximum atomic E-state index is 12.0. The molecule has 0 unspecified atom stereocenters. The van der Waals surface area contributed by atoms with Gasteiger partial charge in [-0.25, -0.2) is 0 Å². The molecule has 0 bridgehead atoms. The molecule has 126 valence electrons. The number of ketones is 1. The topological polar surface area (TPSA) is 55.4 Å². The van der Waals surface area contributed by atoms with Crippen molar-refractivity contribution in [1.82, 2.24) is 5.32 Å². The predicted octanol–water partition coefficient (Wildman–Crippen LogP) is 3.93. The number of rotatable bonds is 8. The number of amides is 1. The van der Waals surface area contributed by atoms with Crippen molar-refractivity contribution in [3.8, 4) is 5.75 Å². The van der Waals surface area contributed by atoms with Crippen molar-refractivity contribution in [1.29, 1.82) is 0 Å². The van der Waals surface area contributed by atoms with Gasteiger partial charge in [0.05, 0.1) is 12.6 Å². The molecule has 24 heavy (non-hydrogen) atoms. The Balaban J connectivity index is 1.68. The summed E-state index contributed by atoms with van der Waals surface area (Å²) in [5, 5.41) is 2.98. The number of hydrogen-bond acceptors (Lipinski definition) is 3. The number of nitrogens with one attached hydrogen (secondary N) is 1. The molecule has 0 radical (unpaired) electrons. The summed E-state index contributed by atoms with van der Waals surface area (Å²) < 4.78 is 5.59. The van der Waals surface area contributed by atoms with Gasteiger partial charge in [-0.3, -0.25) is 9.59 Å². The van der Waals surface area contributed by atoms with Crippen LogP contribution in [-0.4, -0.2) is 18.3 Å². The lowest BCUT2D eigenvalue weighted by Gasteiger charge is -2.14. The first-order valence-electron chi connectivity index (χ1n) is 8.14. The molecule has 0 spiro atoms. The van der Waals surface area contributed by atoms with E-state index in [0.717, 1.165) is 5.56 Å². The molecule has 0 aromatic heterocycles. The lowest BCUT2D eigenvalue weighted by atomic mass is 10.1. The SMILES string of the molecule is CC(=O)c1ccc(OCCCC(=O)N[C@@H](C)c2ccccc2)cc1. The number of hydrogen-bond donors (Lipinski definition) is 1. The van der Waals surface area contributed by atoms with Crippen LogP contribution in [0.3, 0.4) is 0 Å². The average Bonchev–Trinajstić information content (AvgIpc) is 2.60. The molecule has 0 aliphatic carbocycles. The van der Waals surface area contributed by atoms with Crippen molar-refractivity contribution in [2.24, 2.45) is 0 Å². The number of carbonyl (C=O) groups excluding carboxylic acids is 2. The molecule has 0 heterocycles. The second-order valence-corrected chi connectivity index (χ2v) is 5.73. The van der Waals surface area contributed by atoms with Gasteiger partial charge in [-0.2, -0.15) is 0 Å². The van der Waals surface area contributed by atoms with Crippen LogP contribution in [0.5, 0.6) is 5.75 Å². The van der Waals surface area contributed by atoms with E-state index in [-0.39, 0.29) is 17.7 Å². The van der Waals surface area contributed by atoms with Gasteiger partial charge in [0, 0.05) is 12.0 Å². The molecule has 0 aliphatic rings. The average molecular weight is 325 g/mol. The summed E-state index contributed by atoms with van der Waals surface area (Å²) in [6.07, 6.45) is 1.06. The van der Waals surface area contributed by atoms with Crippen molar-refractivity contribution in [3.63, 3.8) is 0 Å². The molecule has 4 nitrogen and oxygen atoms in total. The summed E-state index contributed by atoms with van der Waals surface area (Å²) in [6.45, 7) is 3.97. The Bertz CT molecular complexity index is 665. The highest BCUT2D eigenvalue weighted by molar-refractivity contribution is 5.94. The smallest absolute Gasteiger partial charge is 0.220 e. The minimum Gasteiger partial charge on any atom is -0.494 e. The lowest BCUT2D eigenvalue weighted by molar-refractivity contribution is -0.121. The van der Waals surface area contributed by atoms with Crippen molar-refractivity contribution < 1.29 is 14.3 Å². The van der Waals surface area contributed by atoms with Gasteiger partial charge in [-0.1, -0.05) is 30.3 Å². The van der Waals surface area contributed by atoms with Crippen LogP contribution in [0.25, 0.3) is 0 Å². The Morgan fingerprint density at radius 1 is 1.04 bits per heavy atom. The molecular formula is C20H23NO3. The molecule has 0 saturated heterocycles. The first-order valence-corrected chi connectivity index (χ1v) is 8.14. The molecule has 0 fully saturated rings. The fourth-order valence-electron chi connectivity index (χ4n) is 2.35. The molecule has 2 aromatic carbocycles. The monoisotopic (exact) mass is 325 g/mol. The van der Waals surface area contributed by atoms with Gasteiger partial charge in [0.15, 0.2) is 5.78 Å². The summed E-state index contributed by atoms with van der Waals surface area (Å²) in [4.78, 5) is 23.2. The number of carbonyl (C=O) groups is 2. The molecule has 1 atom stereocenters. The minimum atomic E-state index is -0.00116. The van der Waals surface area contributed by atoms with E-state index in [1.54, 1.807) is 24.3 Å². The summed E-state index contributed by atoms with van der Waals surface area (Å²) in [6, 6.07) is 16.9. The minimum absolute atomic E-state index is 0.00116. The summed E-state index contributed by atoms with van der Waals surface area (Å²) >= 11 is 0. The van der Waals surface area contributed by atoms with Crippen LogP contribution in [0.15, 0.2) is 54.6 Å². The van der Waals surface area contributed by atoms with E-state index < -0.39 is 0 Å². The summed E-state index contributed by atoms with van der Waals surface area (Å²) in [5.74, 6) is 0.755. The van der Waals surface area contributed by atoms with E-state index in [0.29, 0.717) is 30.8 Å². The van der Waals surface area contributed by atoms with Crippen molar-refractivity contribution >= 4 is 11.7 Å². The van der Waals surface area contributed by atoms with Gasteiger partial charge >= 0.3 is 0 Å². The van der Waals surface area contributed by atoms with E-state index in [9.17, 15) is 9.59 Å². The zero-order valence-electron chi connectivity index (χ0n) is 14.1. The van der Waals surface area contributed by atoms with Crippen molar-refractivity contribution in [2.75, 3.05) is 6.61 Å². The Labute approximate surface area is 142 Å². The van der Waals surface area contributed by atoms with Crippen LogP contribution in [0, 0.1) is 0 Å². The quantitative estimate of drug-likeness (QED) is 0.591. The van der Waals surface area contributed by atoms with E-state index >= 15 is 0 Å². The zero-order valence-corrected chi connectivity index (χ0v) is 14.1. The lowest BCUT2D eigenvalue weighted by Crippen LogP contribution is -2.26. The first kappa shape index (κ1) is 17.7. The molecular weight excluding hydrogens is 302 g/mol. The normalized spacial score (nSPS) is 11.6. The second kappa shape index (κ2) is 8.87. The van der Waals surface area contributed by atoms with Crippen LogP contribution in [0.4, 0.5) is 0 Å². The highest BCUT2D eigenvalue weighted by Gasteiger charge is 2.08. The van der Waals surface area contributed by atoms with Gasteiger partial charge < -0.3 is 10.1 Å². The van der Waals surface area contributed by atoms with Gasteiger partial charge in [-0.15, -0.1) is 0 Å². The third kappa shape index (κ3) is 5.54. The molecule has 1 N–H and O–H groups in total. The Kier molecular flexibility index (Phi) is 6.55. The highest BCUT2D eigenvalue weighted by atomic mass is 16.5. The van der Waals surface area contributed by atoms with Crippen LogP contribution < -0.4 is 10.1 Å². The van der Waals surface area contributed by atoms with E-state index in [1.807, 2.05) is 37.3 Å². The van der Waals surface area contributed by atoms with Crippen molar-refractivity contribution in [3.05, 3.63) is 65.7 Å². The largest absolute Gasteiger partial charge is 0.494 e. The van der Waals surface area contributed by atoms with Crippen LogP contribution in [-0.2, 0) is 4.79 Å². The molecule has 2 aromatic rings. The number of ether oxygens (including phenoxy) is 1. The molecule has 2 rings (SSSR count). The molecule has 0 aliphatic heterocycles. The third-order valence-electron chi connectivity index (χ3n) is 3.75. The van der Waals surface area contributed by atoms with Crippen LogP contribution >= 0.6 is 0 Å². The Hall–Kier alpha value is -2.62. The molecule has 0 saturated carbocycles. The highest BCUT2D eigenvalue weighted by Crippen LogP contribution is 2.14. The Morgan fingerprint density at radius 3 is 2.33 bits per heavy atom. The molecule has 4 heteroatoms. The number of benzene rings is 2. The summed E-state index contributed by atoms with van der Waals surface area (Å²) in [7, 11) is 0. The maximum Gasteiger partial charge on any atom is 0.220 e. The van der Waals surface area contributed by atoms with E-state index in [1.165, 1.54) is 6.92 Å². The Morgan fingerprint density at radius 2 is 1.71 bits per heavy atom.